The predicted molar refractivity (Wildman–Crippen MR) is 92.8 cm³/mol. The maximum absolute atomic E-state index is 12.6. The number of aliphatic carboxylic acids is 1. The molecule has 24 heavy (non-hydrogen) atoms. The van der Waals surface area contributed by atoms with Gasteiger partial charge in [-0.15, -0.1) is 0 Å². The first kappa shape index (κ1) is 18.5. The molecular formula is C17H23ClN2O4. The number of methoxy groups -OCH3 is 1. The Labute approximate surface area is 146 Å². The van der Waals surface area contributed by atoms with Gasteiger partial charge in [0.15, 0.2) is 0 Å². The Morgan fingerprint density at radius 3 is 2.67 bits per heavy atom. The molecule has 0 aliphatic carbocycles. The van der Waals surface area contributed by atoms with Crippen molar-refractivity contribution in [3.8, 4) is 5.75 Å². The summed E-state index contributed by atoms with van der Waals surface area (Å²) in [5, 5.41) is 12.7. The maximum Gasteiger partial charge on any atom is 0.310 e. The van der Waals surface area contributed by atoms with Crippen LogP contribution in [0.4, 0.5) is 5.69 Å². The molecule has 1 aromatic carbocycles. The normalized spacial score (nSPS) is 22.2. The number of hydrogen-bond donors (Lipinski definition) is 2. The van der Waals surface area contributed by atoms with Crippen LogP contribution in [0.15, 0.2) is 12.1 Å². The molecule has 0 spiro atoms. The quantitative estimate of drug-likeness (QED) is 0.850. The number of amides is 1. The van der Waals surface area contributed by atoms with Gasteiger partial charge < -0.3 is 15.2 Å². The second-order valence-corrected chi connectivity index (χ2v) is 6.96. The number of halogens is 1. The number of rotatable bonds is 5. The van der Waals surface area contributed by atoms with Gasteiger partial charge in [-0.3, -0.25) is 14.5 Å². The van der Waals surface area contributed by atoms with E-state index in [1.165, 1.54) is 7.11 Å². The average molecular weight is 355 g/mol. The van der Waals surface area contributed by atoms with Crippen molar-refractivity contribution in [1.82, 2.24) is 4.90 Å². The van der Waals surface area contributed by atoms with Crippen LogP contribution < -0.4 is 10.1 Å². The van der Waals surface area contributed by atoms with Crippen molar-refractivity contribution in [1.29, 1.82) is 0 Å². The third-order valence-corrected chi connectivity index (χ3v) is 5.09. The summed E-state index contributed by atoms with van der Waals surface area (Å²) in [6, 6.07) is 2.98. The number of anilines is 1. The molecule has 1 aromatic rings. The van der Waals surface area contributed by atoms with E-state index in [1.54, 1.807) is 26.0 Å². The van der Waals surface area contributed by atoms with Crippen LogP contribution in [0.3, 0.4) is 0 Å². The SMILES string of the molecule is COc1cc(Cl)c(C)cc1NC(=O)C(C)N1CCC(C)(C(=O)O)C1. The minimum absolute atomic E-state index is 0.204. The number of nitrogens with zero attached hydrogens (tertiary/aromatic N) is 1. The average Bonchev–Trinajstić information content (AvgIpc) is 2.93. The first-order valence-corrected chi connectivity index (χ1v) is 8.18. The van der Waals surface area contributed by atoms with Crippen molar-refractivity contribution in [3.05, 3.63) is 22.7 Å². The topological polar surface area (TPSA) is 78.9 Å². The van der Waals surface area contributed by atoms with Gasteiger partial charge in [-0.1, -0.05) is 11.6 Å². The largest absolute Gasteiger partial charge is 0.495 e. The summed E-state index contributed by atoms with van der Waals surface area (Å²) in [6.07, 6.45) is 0.531. The Kier molecular flexibility index (Phi) is 5.40. The third-order valence-electron chi connectivity index (χ3n) is 4.68. The van der Waals surface area contributed by atoms with Gasteiger partial charge in [0.2, 0.25) is 5.91 Å². The lowest BCUT2D eigenvalue weighted by Crippen LogP contribution is -2.42. The van der Waals surface area contributed by atoms with E-state index in [1.807, 2.05) is 11.8 Å². The number of carbonyl (C=O) groups excluding carboxylic acids is 1. The summed E-state index contributed by atoms with van der Waals surface area (Å²) in [7, 11) is 1.51. The van der Waals surface area contributed by atoms with E-state index in [-0.39, 0.29) is 5.91 Å². The van der Waals surface area contributed by atoms with Gasteiger partial charge in [0.25, 0.3) is 0 Å². The molecule has 2 unspecified atom stereocenters. The Hall–Kier alpha value is -1.79. The van der Waals surface area contributed by atoms with E-state index in [9.17, 15) is 14.7 Å². The number of ether oxygens (including phenoxy) is 1. The lowest BCUT2D eigenvalue weighted by molar-refractivity contribution is -0.147. The molecule has 1 saturated heterocycles. The molecule has 0 radical (unpaired) electrons. The molecule has 6 nitrogen and oxygen atoms in total. The van der Waals surface area contributed by atoms with Crippen LogP contribution in [0.25, 0.3) is 0 Å². The zero-order valence-electron chi connectivity index (χ0n) is 14.4. The van der Waals surface area contributed by atoms with Crippen LogP contribution in [0, 0.1) is 12.3 Å². The lowest BCUT2D eigenvalue weighted by atomic mass is 9.90. The number of hydrogen-bond acceptors (Lipinski definition) is 4. The minimum atomic E-state index is -0.826. The fourth-order valence-electron chi connectivity index (χ4n) is 2.83. The fraction of sp³-hybridized carbons (Fsp3) is 0.529. The summed E-state index contributed by atoms with van der Waals surface area (Å²) in [5.41, 5.74) is 0.583. The number of likely N-dealkylation sites (tertiary alicyclic amines) is 1. The zero-order chi connectivity index (χ0) is 18.1. The first-order valence-electron chi connectivity index (χ1n) is 7.80. The summed E-state index contributed by atoms with van der Waals surface area (Å²) in [4.78, 5) is 25.8. The smallest absolute Gasteiger partial charge is 0.310 e. The van der Waals surface area contributed by atoms with E-state index in [0.717, 1.165) is 5.56 Å². The van der Waals surface area contributed by atoms with Crippen LogP contribution in [0.2, 0.25) is 5.02 Å². The second kappa shape index (κ2) is 6.99. The van der Waals surface area contributed by atoms with Crippen LogP contribution in [-0.4, -0.2) is 48.1 Å². The molecule has 1 heterocycles. The first-order chi connectivity index (χ1) is 11.2. The van der Waals surface area contributed by atoms with E-state index in [2.05, 4.69) is 5.32 Å². The summed E-state index contributed by atoms with van der Waals surface area (Å²) >= 11 is 6.07. The van der Waals surface area contributed by atoms with E-state index in [0.29, 0.717) is 36.0 Å². The molecule has 0 aromatic heterocycles. The highest BCUT2D eigenvalue weighted by atomic mass is 35.5. The van der Waals surface area contributed by atoms with Gasteiger partial charge in [-0.05, 0) is 38.8 Å². The molecule has 2 atom stereocenters. The van der Waals surface area contributed by atoms with E-state index >= 15 is 0 Å². The number of carboxylic acid groups (broad SMARTS) is 1. The van der Waals surface area contributed by atoms with Crippen LogP contribution in [0.1, 0.15) is 25.8 Å². The van der Waals surface area contributed by atoms with Crippen molar-refractivity contribution < 1.29 is 19.4 Å². The fourth-order valence-corrected chi connectivity index (χ4v) is 2.99. The number of benzene rings is 1. The Morgan fingerprint density at radius 1 is 1.46 bits per heavy atom. The molecule has 1 aliphatic heterocycles. The van der Waals surface area contributed by atoms with Crippen molar-refractivity contribution in [2.24, 2.45) is 5.41 Å². The highest BCUT2D eigenvalue weighted by molar-refractivity contribution is 6.31. The van der Waals surface area contributed by atoms with Crippen molar-refractivity contribution in [2.45, 2.75) is 33.2 Å². The molecule has 1 amide bonds. The molecule has 1 aliphatic rings. The Bertz CT molecular complexity index is 664. The van der Waals surface area contributed by atoms with Gasteiger partial charge in [0, 0.05) is 24.2 Å². The van der Waals surface area contributed by atoms with Gasteiger partial charge in [-0.2, -0.15) is 0 Å². The second-order valence-electron chi connectivity index (χ2n) is 6.55. The molecule has 2 rings (SSSR count). The summed E-state index contributed by atoms with van der Waals surface area (Å²) < 4.78 is 5.26. The zero-order valence-corrected chi connectivity index (χ0v) is 15.1. The predicted octanol–water partition coefficient (Wildman–Crippen LogP) is 2.78. The van der Waals surface area contributed by atoms with Crippen LogP contribution in [-0.2, 0) is 9.59 Å². The molecule has 2 N–H and O–H groups in total. The van der Waals surface area contributed by atoms with E-state index in [4.69, 9.17) is 16.3 Å². The monoisotopic (exact) mass is 354 g/mol. The van der Waals surface area contributed by atoms with Crippen LogP contribution in [0.5, 0.6) is 5.75 Å². The molecule has 132 valence electrons. The number of carboxylic acids is 1. The molecule has 0 saturated carbocycles. The van der Waals surface area contributed by atoms with Gasteiger partial charge in [-0.25, -0.2) is 0 Å². The molecule has 0 bridgehead atoms. The number of aryl methyl sites for hydroxylation is 1. The number of nitrogens with one attached hydrogen (secondary N) is 1. The third kappa shape index (κ3) is 3.65. The minimum Gasteiger partial charge on any atom is -0.495 e. The van der Waals surface area contributed by atoms with Crippen molar-refractivity contribution in [2.75, 3.05) is 25.5 Å². The van der Waals surface area contributed by atoms with Crippen molar-refractivity contribution >= 4 is 29.2 Å². The summed E-state index contributed by atoms with van der Waals surface area (Å²) in [6.45, 7) is 6.27. The Morgan fingerprint density at radius 2 is 2.12 bits per heavy atom. The van der Waals surface area contributed by atoms with E-state index < -0.39 is 17.4 Å². The highest BCUT2D eigenvalue weighted by Crippen LogP contribution is 2.33. The van der Waals surface area contributed by atoms with Gasteiger partial charge >= 0.3 is 5.97 Å². The van der Waals surface area contributed by atoms with Crippen LogP contribution >= 0.6 is 11.6 Å². The van der Waals surface area contributed by atoms with Crippen molar-refractivity contribution in [3.63, 3.8) is 0 Å². The number of carbonyl (C=O) groups is 2. The standard InChI is InChI=1S/C17H23ClN2O4/c1-10-7-13(14(24-4)8-12(10)18)19-15(21)11(2)20-6-5-17(3,9-20)16(22)23/h7-8,11H,5-6,9H2,1-4H3,(H,19,21)(H,22,23). The molecular weight excluding hydrogens is 332 g/mol. The Balaban J connectivity index is 2.10. The molecule has 1 fully saturated rings. The lowest BCUT2D eigenvalue weighted by Gasteiger charge is -2.25. The summed E-state index contributed by atoms with van der Waals surface area (Å²) in [5.74, 6) is -0.541. The highest BCUT2D eigenvalue weighted by Gasteiger charge is 2.42. The maximum atomic E-state index is 12.6. The van der Waals surface area contributed by atoms with Gasteiger partial charge in [0.1, 0.15) is 5.75 Å². The van der Waals surface area contributed by atoms with Gasteiger partial charge in [0.05, 0.1) is 24.3 Å². The molecule has 7 heteroatoms.